The topological polar surface area (TPSA) is 57.5 Å². The van der Waals surface area contributed by atoms with Crippen molar-refractivity contribution < 1.29 is 14.6 Å². The molecular formula is C4H14AlO3P. The maximum atomic E-state index is 10.2. The third kappa shape index (κ3) is 6.57. The van der Waals surface area contributed by atoms with Crippen molar-refractivity contribution in [2.75, 3.05) is 6.61 Å². The predicted octanol–water partition coefficient (Wildman–Crippen LogP) is -0.960. The summed E-state index contributed by atoms with van der Waals surface area (Å²) in [7, 11) is -2.38. The van der Waals surface area contributed by atoms with Gasteiger partial charge in [0.2, 0.25) is 0 Å². The monoisotopic (exact) mass is 168 g/mol. The standard InChI is InChI=1S/C4H11O3P.Al.3H/c1-4(2-3-5)8(6)7;;;;/h4-5,8H,2-3H2,1H3,(H,6,7);;;;. The van der Waals surface area contributed by atoms with Crippen LogP contribution in [-0.4, -0.2) is 39.6 Å². The van der Waals surface area contributed by atoms with Gasteiger partial charge >= 0.3 is 0 Å². The second kappa shape index (κ2) is 6.80. The summed E-state index contributed by atoms with van der Waals surface area (Å²) in [6.07, 6.45) is 0.425. The van der Waals surface area contributed by atoms with Crippen LogP contribution in [-0.2, 0) is 4.57 Å². The van der Waals surface area contributed by atoms with Crippen molar-refractivity contribution >= 4 is 25.4 Å². The highest BCUT2D eigenvalue weighted by Crippen LogP contribution is 2.23. The Kier molecular flexibility index (Phi) is 9.34. The lowest BCUT2D eigenvalue weighted by Gasteiger charge is -2.01. The summed E-state index contributed by atoms with van der Waals surface area (Å²) in [5, 5.41) is 8.25. The SMILES string of the molecule is CC(CCO)[PH](=O)O.[AlH3]. The minimum absolute atomic E-state index is 0. The largest absolute Gasteiger partial charge is 0.396 e. The normalized spacial score (nSPS) is 15.9. The van der Waals surface area contributed by atoms with Gasteiger partial charge in [0.25, 0.3) is 0 Å². The van der Waals surface area contributed by atoms with E-state index in [1.165, 1.54) is 0 Å². The molecule has 0 spiro atoms. The molecule has 0 aromatic rings. The Morgan fingerprint density at radius 2 is 2.11 bits per heavy atom. The van der Waals surface area contributed by atoms with Crippen LogP contribution in [0.1, 0.15) is 13.3 Å². The number of hydrogen-bond acceptors (Lipinski definition) is 2. The molecule has 5 heteroatoms. The molecule has 0 saturated carbocycles. The molecule has 56 valence electrons. The Balaban J connectivity index is 0. The minimum Gasteiger partial charge on any atom is -0.396 e. The van der Waals surface area contributed by atoms with E-state index in [1.807, 2.05) is 0 Å². The van der Waals surface area contributed by atoms with Crippen molar-refractivity contribution in [3.63, 3.8) is 0 Å². The molecule has 0 aromatic carbocycles. The van der Waals surface area contributed by atoms with Crippen LogP contribution < -0.4 is 0 Å². The minimum atomic E-state index is -2.38. The molecule has 0 heterocycles. The highest BCUT2D eigenvalue weighted by Gasteiger charge is 2.04. The quantitative estimate of drug-likeness (QED) is 0.421. The van der Waals surface area contributed by atoms with Crippen molar-refractivity contribution in [2.24, 2.45) is 0 Å². The fraction of sp³-hybridized carbons (Fsp3) is 1.00. The van der Waals surface area contributed by atoms with E-state index in [9.17, 15) is 4.57 Å². The van der Waals surface area contributed by atoms with Crippen molar-refractivity contribution in [1.29, 1.82) is 0 Å². The second-order valence-corrected chi connectivity index (χ2v) is 3.41. The van der Waals surface area contributed by atoms with Crippen LogP contribution in [0.15, 0.2) is 0 Å². The average Bonchev–Trinajstić information content (AvgIpc) is 1.67. The lowest BCUT2D eigenvalue weighted by Crippen LogP contribution is -1.97. The molecule has 9 heavy (non-hydrogen) atoms. The van der Waals surface area contributed by atoms with Crippen LogP contribution in [0.3, 0.4) is 0 Å². The number of hydrogen-bond donors (Lipinski definition) is 2. The smallest absolute Gasteiger partial charge is 0.191 e. The fourth-order valence-corrected chi connectivity index (χ4v) is 0.693. The molecule has 0 aliphatic carbocycles. The summed E-state index contributed by atoms with van der Waals surface area (Å²) < 4.78 is 10.2. The molecule has 0 fully saturated rings. The van der Waals surface area contributed by atoms with E-state index in [0.717, 1.165) is 0 Å². The van der Waals surface area contributed by atoms with Crippen LogP contribution in [0.5, 0.6) is 0 Å². The molecule has 0 amide bonds. The van der Waals surface area contributed by atoms with E-state index >= 15 is 0 Å². The summed E-state index contributed by atoms with van der Waals surface area (Å²) in [6.45, 7) is 1.65. The summed E-state index contributed by atoms with van der Waals surface area (Å²) in [6, 6.07) is 0. The van der Waals surface area contributed by atoms with Gasteiger partial charge < -0.3 is 10.00 Å². The Morgan fingerprint density at radius 1 is 1.67 bits per heavy atom. The molecule has 0 aromatic heterocycles. The van der Waals surface area contributed by atoms with Gasteiger partial charge in [-0.1, -0.05) is 6.92 Å². The third-order valence-electron chi connectivity index (χ3n) is 0.984. The lowest BCUT2D eigenvalue weighted by molar-refractivity contribution is 0.285. The van der Waals surface area contributed by atoms with Gasteiger partial charge in [-0.15, -0.1) is 0 Å². The zero-order chi connectivity index (χ0) is 6.57. The van der Waals surface area contributed by atoms with Crippen molar-refractivity contribution in [1.82, 2.24) is 0 Å². The molecule has 0 rings (SSSR count). The van der Waals surface area contributed by atoms with E-state index in [2.05, 4.69) is 0 Å². The summed E-state index contributed by atoms with van der Waals surface area (Å²) in [5.41, 5.74) is -0.231. The molecule has 2 N–H and O–H groups in total. The van der Waals surface area contributed by atoms with Gasteiger partial charge in [-0.3, -0.25) is 4.57 Å². The molecule has 2 unspecified atom stereocenters. The van der Waals surface area contributed by atoms with Crippen molar-refractivity contribution in [2.45, 2.75) is 19.0 Å². The van der Waals surface area contributed by atoms with Gasteiger partial charge in [0.15, 0.2) is 25.4 Å². The predicted molar refractivity (Wildman–Crippen MR) is 42.3 cm³/mol. The van der Waals surface area contributed by atoms with Gasteiger partial charge in [0.1, 0.15) is 0 Å². The Bertz CT molecular complexity index is 87.9. The number of aliphatic hydroxyl groups is 1. The van der Waals surface area contributed by atoms with Crippen LogP contribution >= 0.6 is 8.03 Å². The van der Waals surface area contributed by atoms with E-state index < -0.39 is 8.03 Å². The first-order chi connectivity index (χ1) is 3.68. The maximum absolute atomic E-state index is 10.2. The van der Waals surface area contributed by atoms with Crippen LogP contribution in [0.2, 0.25) is 0 Å². The Labute approximate surface area is 66.1 Å². The van der Waals surface area contributed by atoms with Crippen LogP contribution in [0, 0.1) is 0 Å². The van der Waals surface area contributed by atoms with Crippen molar-refractivity contribution in [3.8, 4) is 0 Å². The molecule has 2 atom stereocenters. The van der Waals surface area contributed by atoms with Gasteiger partial charge in [0.05, 0.1) is 0 Å². The average molecular weight is 168 g/mol. The van der Waals surface area contributed by atoms with E-state index in [-0.39, 0.29) is 29.6 Å². The van der Waals surface area contributed by atoms with Crippen LogP contribution in [0.4, 0.5) is 0 Å². The summed E-state index contributed by atoms with van der Waals surface area (Å²) in [5.74, 6) is 0. The molecule has 0 saturated heterocycles. The maximum Gasteiger partial charge on any atom is 0.191 e. The van der Waals surface area contributed by atoms with Gasteiger partial charge in [-0.2, -0.15) is 0 Å². The number of aliphatic hydroxyl groups excluding tert-OH is 1. The van der Waals surface area contributed by atoms with Gasteiger partial charge in [0, 0.05) is 12.3 Å². The van der Waals surface area contributed by atoms with E-state index in [4.69, 9.17) is 10.00 Å². The first kappa shape index (κ1) is 12.4. The van der Waals surface area contributed by atoms with Gasteiger partial charge in [-0.25, -0.2) is 0 Å². The zero-order valence-corrected chi connectivity index (χ0v) is 5.79. The summed E-state index contributed by atoms with van der Waals surface area (Å²) in [4.78, 5) is 8.39. The van der Waals surface area contributed by atoms with Crippen molar-refractivity contribution in [3.05, 3.63) is 0 Å². The fourth-order valence-electron chi connectivity index (χ4n) is 0.317. The molecular weight excluding hydrogens is 154 g/mol. The third-order valence-corrected chi connectivity index (χ3v) is 2.12. The lowest BCUT2D eigenvalue weighted by atomic mass is 10.3. The Hall–Kier alpha value is 0.682. The highest BCUT2D eigenvalue weighted by molar-refractivity contribution is 7.38. The molecule has 0 aliphatic rings. The first-order valence-corrected chi connectivity index (χ1v) is 3.95. The molecule has 0 bridgehead atoms. The van der Waals surface area contributed by atoms with E-state index in [0.29, 0.717) is 6.42 Å². The highest BCUT2D eigenvalue weighted by atomic mass is 31.1. The summed E-state index contributed by atoms with van der Waals surface area (Å²) >= 11 is 0. The second-order valence-electron chi connectivity index (χ2n) is 1.75. The first-order valence-electron chi connectivity index (χ1n) is 2.52. The Morgan fingerprint density at radius 3 is 2.22 bits per heavy atom. The van der Waals surface area contributed by atoms with Crippen LogP contribution in [0.25, 0.3) is 0 Å². The van der Waals surface area contributed by atoms with Gasteiger partial charge in [-0.05, 0) is 6.42 Å². The molecule has 3 nitrogen and oxygen atoms in total. The van der Waals surface area contributed by atoms with E-state index in [1.54, 1.807) is 6.92 Å². The zero-order valence-electron chi connectivity index (χ0n) is 4.79. The number of rotatable bonds is 3. The molecule has 0 aliphatic heterocycles. The molecule has 0 radical (unpaired) electrons.